The molecule has 3 heteroatoms. The Balaban J connectivity index is 3.60. The van der Waals surface area contributed by atoms with E-state index >= 15 is 0 Å². The Labute approximate surface area is 72.0 Å². The van der Waals surface area contributed by atoms with Crippen molar-refractivity contribution in [2.45, 2.75) is 19.8 Å². The molecule has 0 amide bonds. The number of carbonyl (C=O) groups is 1. The lowest BCUT2D eigenvalue weighted by atomic mass is 10.2. The molecule has 0 aromatic carbocycles. The summed E-state index contributed by atoms with van der Waals surface area (Å²) in [6.07, 6.45) is 6.61. The maximum Gasteiger partial charge on any atom is 0.330 e. The summed E-state index contributed by atoms with van der Waals surface area (Å²) in [5, 5.41) is 16.8. The van der Waals surface area contributed by atoms with Crippen molar-refractivity contribution in [1.82, 2.24) is 0 Å². The van der Waals surface area contributed by atoms with Crippen molar-refractivity contribution < 1.29 is 15.0 Å². The highest BCUT2D eigenvalue weighted by Gasteiger charge is 1.96. The van der Waals surface area contributed by atoms with Crippen molar-refractivity contribution in [3.05, 3.63) is 23.8 Å². The zero-order chi connectivity index (χ0) is 9.40. The van der Waals surface area contributed by atoms with Crippen LogP contribution >= 0.6 is 0 Å². The van der Waals surface area contributed by atoms with Gasteiger partial charge in [-0.3, -0.25) is 0 Å². The van der Waals surface area contributed by atoms with Crippen LogP contribution in [0.5, 0.6) is 0 Å². The Morgan fingerprint density at radius 1 is 1.33 bits per heavy atom. The summed E-state index contributed by atoms with van der Waals surface area (Å²) in [6.45, 7) is 1.61. The molecule has 0 fully saturated rings. The minimum atomic E-state index is -0.874. The number of unbranched alkanes of at least 4 members (excludes halogenated alkanes) is 1. The van der Waals surface area contributed by atoms with Gasteiger partial charge in [0.25, 0.3) is 0 Å². The molecule has 0 saturated carbocycles. The molecule has 0 heterocycles. The largest absolute Gasteiger partial charge is 0.478 e. The van der Waals surface area contributed by atoms with Crippen molar-refractivity contribution in [2.75, 3.05) is 6.61 Å². The van der Waals surface area contributed by atoms with E-state index in [9.17, 15) is 4.79 Å². The molecule has 0 spiro atoms. The van der Waals surface area contributed by atoms with Crippen LogP contribution in [0.1, 0.15) is 19.8 Å². The first-order valence-electron chi connectivity index (χ1n) is 3.84. The average molecular weight is 170 g/mol. The number of hydrogen-bond donors (Lipinski definition) is 2. The highest BCUT2D eigenvalue weighted by Crippen LogP contribution is 1.99. The molecule has 0 saturated heterocycles. The van der Waals surface area contributed by atoms with E-state index in [0.29, 0.717) is 12.0 Å². The van der Waals surface area contributed by atoms with Crippen LogP contribution in [0.4, 0.5) is 0 Å². The van der Waals surface area contributed by atoms with Crippen molar-refractivity contribution in [3.8, 4) is 0 Å². The zero-order valence-electron chi connectivity index (χ0n) is 7.16. The third-order valence-electron chi connectivity index (χ3n) is 1.39. The van der Waals surface area contributed by atoms with Crippen LogP contribution in [-0.2, 0) is 4.79 Å². The molecule has 0 unspecified atom stereocenters. The Morgan fingerprint density at radius 2 is 2.00 bits per heavy atom. The summed E-state index contributed by atoms with van der Waals surface area (Å²) < 4.78 is 0. The molecule has 0 radical (unpaired) electrons. The normalized spacial score (nSPS) is 12.3. The van der Waals surface area contributed by atoms with Gasteiger partial charge in [0.05, 0.1) is 6.61 Å². The molecule has 68 valence electrons. The molecule has 12 heavy (non-hydrogen) atoms. The average Bonchev–Trinajstić information content (AvgIpc) is 2.03. The van der Waals surface area contributed by atoms with Crippen LogP contribution in [0.25, 0.3) is 0 Å². The minimum Gasteiger partial charge on any atom is -0.478 e. The summed E-state index contributed by atoms with van der Waals surface area (Å²) in [4.78, 5) is 10.3. The first kappa shape index (κ1) is 10.9. The Morgan fingerprint density at radius 3 is 2.50 bits per heavy atom. The van der Waals surface area contributed by atoms with E-state index in [0.717, 1.165) is 6.42 Å². The second-order valence-electron chi connectivity index (χ2n) is 2.42. The van der Waals surface area contributed by atoms with Gasteiger partial charge in [0.2, 0.25) is 0 Å². The molecule has 3 nitrogen and oxygen atoms in total. The minimum absolute atomic E-state index is 0.0433. The van der Waals surface area contributed by atoms with Crippen LogP contribution < -0.4 is 0 Å². The molecule has 0 aliphatic rings. The van der Waals surface area contributed by atoms with Gasteiger partial charge in [0.1, 0.15) is 0 Å². The second-order valence-corrected chi connectivity index (χ2v) is 2.42. The Hall–Kier alpha value is -1.09. The van der Waals surface area contributed by atoms with E-state index in [1.165, 1.54) is 0 Å². The van der Waals surface area contributed by atoms with E-state index in [1.807, 2.05) is 6.08 Å². The quantitative estimate of drug-likeness (QED) is 0.372. The van der Waals surface area contributed by atoms with Gasteiger partial charge >= 0.3 is 5.97 Å². The van der Waals surface area contributed by atoms with Crippen LogP contribution in [0.15, 0.2) is 23.8 Å². The number of carboxylic acids is 1. The molecule has 0 aromatic rings. The monoisotopic (exact) mass is 170 g/mol. The van der Waals surface area contributed by atoms with Crippen LogP contribution in [0.3, 0.4) is 0 Å². The lowest BCUT2D eigenvalue weighted by Gasteiger charge is -1.91. The summed E-state index contributed by atoms with van der Waals surface area (Å²) >= 11 is 0. The smallest absolute Gasteiger partial charge is 0.330 e. The molecule has 0 atom stereocenters. The highest BCUT2D eigenvalue weighted by molar-refractivity contribution is 5.85. The van der Waals surface area contributed by atoms with Crippen LogP contribution in [0, 0.1) is 0 Å². The zero-order valence-corrected chi connectivity index (χ0v) is 7.16. The molecule has 0 aliphatic heterocycles. The number of allylic oxidation sites excluding steroid dienone is 2. The number of aliphatic hydroxyl groups excluding tert-OH is 1. The summed E-state index contributed by atoms with van der Waals surface area (Å²) in [5.41, 5.74) is 0.368. The highest BCUT2D eigenvalue weighted by atomic mass is 16.4. The van der Waals surface area contributed by atoms with E-state index in [1.54, 1.807) is 19.1 Å². The number of aliphatic carboxylic acids is 1. The molecule has 0 rings (SSSR count). The van der Waals surface area contributed by atoms with Crippen LogP contribution in [-0.4, -0.2) is 22.8 Å². The first-order valence-corrected chi connectivity index (χ1v) is 3.84. The van der Waals surface area contributed by atoms with Gasteiger partial charge in [0, 0.05) is 5.57 Å². The van der Waals surface area contributed by atoms with Gasteiger partial charge in [-0.15, -0.1) is 0 Å². The third-order valence-corrected chi connectivity index (χ3v) is 1.39. The number of carboxylic acid groups (broad SMARTS) is 1. The Kier molecular flexibility index (Phi) is 6.01. The van der Waals surface area contributed by atoms with Gasteiger partial charge in [0.15, 0.2) is 0 Å². The fraction of sp³-hybridized carbons (Fsp3) is 0.444. The van der Waals surface area contributed by atoms with E-state index in [2.05, 4.69) is 0 Å². The number of aliphatic hydroxyl groups is 1. The predicted octanol–water partition coefficient (Wildman–Crippen LogP) is 1.35. The van der Waals surface area contributed by atoms with Gasteiger partial charge < -0.3 is 10.2 Å². The molecule has 2 N–H and O–H groups in total. The SMILES string of the molecule is C/C(=C/CC/C=C/CO)C(=O)O. The maximum atomic E-state index is 10.3. The van der Waals surface area contributed by atoms with Gasteiger partial charge in [-0.25, -0.2) is 4.79 Å². The molecular weight excluding hydrogens is 156 g/mol. The van der Waals surface area contributed by atoms with Crippen molar-refractivity contribution in [3.63, 3.8) is 0 Å². The van der Waals surface area contributed by atoms with Crippen molar-refractivity contribution in [2.24, 2.45) is 0 Å². The maximum absolute atomic E-state index is 10.3. The van der Waals surface area contributed by atoms with Gasteiger partial charge in [-0.1, -0.05) is 18.2 Å². The molecule has 0 aliphatic carbocycles. The molecule has 0 aromatic heterocycles. The molecular formula is C9H14O3. The first-order chi connectivity index (χ1) is 5.68. The Bertz CT molecular complexity index is 192. The number of hydrogen-bond acceptors (Lipinski definition) is 2. The molecule has 0 bridgehead atoms. The number of rotatable bonds is 5. The van der Waals surface area contributed by atoms with E-state index in [-0.39, 0.29) is 6.61 Å². The fourth-order valence-electron chi connectivity index (χ4n) is 0.676. The lowest BCUT2D eigenvalue weighted by molar-refractivity contribution is -0.132. The fourth-order valence-corrected chi connectivity index (χ4v) is 0.676. The van der Waals surface area contributed by atoms with E-state index in [4.69, 9.17) is 10.2 Å². The standard InChI is InChI=1S/C9H14O3/c1-8(9(11)12)6-4-2-3-5-7-10/h3,5-6,10H,2,4,7H2,1H3,(H,11,12)/b5-3+,8-6-. The summed E-state index contributed by atoms with van der Waals surface area (Å²) in [7, 11) is 0. The predicted molar refractivity (Wildman–Crippen MR) is 46.9 cm³/mol. The van der Waals surface area contributed by atoms with Gasteiger partial charge in [-0.05, 0) is 19.8 Å². The summed E-state index contributed by atoms with van der Waals surface area (Å²) in [5.74, 6) is -0.874. The van der Waals surface area contributed by atoms with Crippen molar-refractivity contribution in [1.29, 1.82) is 0 Å². The van der Waals surface area contributed by atoms with Crippen molar-refractivity contribution >= 4 is 5.97 Å². The van der Waals surface area contributed by atoms with E-state index < -0.39 is 5.97 Å². The van der Waals surface area contributed by atoms with Crippen LogP contribution in [0.2, 0.25) is 0 Å². The summed E-state index contributed by atoms with van der Waals surface area (Å²) in [6, 6.07) is 0. The second kappa shape index (κ2) is 6.61. The third kappa shape index (κ3) is 5.68. The topological polar surface area (TPSA) is 57.5 Å². The van der Waals surface area contributed by atoms with Gasteiger partial charge in [-0.2, -0.15) is 0 Å². The lowest BCUT2D eigenvalue weighted by Crippen LogP contribution is -1.95.